The predicted molar refractivity (Wildman–Crippen MR) is 131 cm³/mol. The molecule has 1 N–H and O–H groups in total. The zero-order valence-corrected chi connectivity index (χ0v) is 19.5. The number of nitrogens with zero attached hydrogens (tertiary/aromatic N) is 3. The standard InChI is InChI=1S/C27H30N4O3/c1-34-22-14-12-21(13-15-22)28-27(33)30-17-16-24-23(18-30)25(19-8-4-2-5-9-19)29-31(24)26(32)20-10-6-3-7-11-20/h2,4-5,8-9,12-15,20H,3,6-7,10-11,16-18H2,1H3,(H,28,33). The number of hydrogen-bond donors (Lipinski definition) is 1. The van der Waals surface area contributed by atoms with Crippen molar-refractivity contribution in [2.75, 3.05) is 19.0 Å². The topological polar surface area (TPSA) is 76.5 Å². The van der Waals surface area contributed by atoms with Crippen molar-refractivity contribution in [2.24, 2.45) is 5.92 Å². The molecular weight excluding hydrogens is 428 g/mol. The van der Waals surface area contributed by atoms with Gasteiger partial charge in [-0.1, -0.05) is 49.6 Å². The van der Waals surface area contributed by atoms with Crippen molar-refractivity contribution in [1.29, 1.82) is 0 Å². The number of hydrogen-bond acceptors (Lipinski definition) is 4. The first-order valence-corrected chi connectivity index (χ1v) is 12.0. The molecule has 0 spiro atoms. The molecule has 0 atom stereocenters. The Morgan fingerprint density at radius 3 is 2.44 bits per heavy atom. The van der Waals surface area contributed by atoms with E-state index in [0.717, 1.165) is 53.9 Å². The average Bonchev–Trinajstić information content (AvgIpc) is 3.28. The number of rotatable bonds is 4. The van der Waals surface area contributed by atoms with Crippen LogP contribution in [-0.2, 0) is 13.0 Å². The lowest BCUT2D eigenvalue weighted by atomic mass is 9.88. The van der Waals surface area contributed by atoms with E-state index in [0.29, 0.717) is 25.2 Å². The van der Waals surface area contributed by atoms with E-state index >= 15 is 0 Å². The highest BCUT2D eigenvalue weighted by Crippen LogP contribution is 2.33. The highest BCUT2D eigenvalue weighted by atomic mass is 16.5. The summed E-state index contributed by atoms with van der Waals surface area (Å²) in [6.07, 6.45) is 5.88. The van der Waals surface area contributed by atoms with Crippen molar-refractivity contribution in [3.05, 3.63) is 65.9 Å². The van der Waals surface area contributed by atoms with Gasteiger partial charge in [-0.3, -0.25) is 4.79 Å². The van der Waals surface area contributed by atoms with Gasteiger partial charge in [0.25, 0.3) is 0 Å². The predicted octanol–water partition coefficient (Wildman–Crippen LogP) is 5.37. The van der Waals surface area contributed by atoms with Crippen LogP contribution in [0.4, 0.5) is 10.5 Å². The number of aromatic nitrogens is 2. The fourth-order valence-electron chi connectivity index (χ4n) is 5.00. The minimum absolute atomic E-state index is 0.0396. The van der Waals surface area contributed by atoms with Gasteiger partial charge in [0.15, 0.2) is 0 Å². The lowest BCUT2D eigenvalue weighted by Gasteiger charge is -2.28. The van der Waals surface area contributed by atoms with Crippen LogP contribution < -0.4 is 10.1 Å². The van der Waals surface area contributed by atoms with Gasteiger partial charge in [-0.2, -0.15) is 5.10 Å². The van der Waals surface area contributed by atoms with Crippen LogP contribution in [0.3, 0.4) is 0 Å². The van der Waals surface area contributed by atoms with Gasteiger partial charge in [-0.25, -0.2) is 9.48 Å². The SMILES string of the molecule is COc1ccc(NC(=O)N2CCc3c(c(-c4ccccc4)nn3C(=O)C3CCCCC3)C2)cc1. The second kappa shape index (κ2) is 9.71. The molecule has 7 heteroatoms. The van der Waals surface area contributed by atoms with Gasteiger partial charge in [0.05, 0.1) is 25.0 Å². The molecule has 1 fully saturated rings. The highest BCUT2D eigenvalue weighted by Gasteiger charge is 2.32. The Hall–Kier alpha value is -3.61. The molecule has 2 amide bonds. The van der Waals surface area contributed by atoms with Crippen LogP contribution in [0.1, 0.15) is 48.2 Å². The van der Waals surface area contributed by atoms with E-state index in [4.69, 9.17) is 9.84 Å². The quantitative estimate of drug-likeness (QED) is 0.570. The van der Waals surface area contributed by atoms with Crippen molar-refractivity contribution < 1.29 is 14.3 Å². The van der Waals surface area contributed by atoms with Crippen LogP contribution in [0.2, 0.25) is 0 Å². The van der Waals surface area contributed by atoms with E-state index in [2.05, 4.69) is 5.32 Å². The Labute approximate surface area is 199 Å². The third-order valence-corrected chi connectivity index (χ3v) is 6.90. The number of fused-ring (bicyclic) bond motifs is 1. The summed E-state index contributed by atoms with van der Waals surface area (Å²) in [5.74, 6) is 0.884. The molecule has 3 aromatic rings. The van der Waals surface area contributed by atoms with Crippen molar-refractivity contribution in [3.63, 3.8) is 0 Å². The molecule has 1 aliphatic heterocycles. The van der Waals surface area contributed by atoms with Crippen LogP contribution >= 0.6 is 0 Å². The van der Waals surface area contributed by atoms with Gasteiger partial charge in [0.1, 0.15) is 5.75 Å². The van der Waals surface area contributed by atoms with Crippen LogP contribution in [0.5, 0.6) is 5.75 Å². The van der Waals surface area contributed by atoms with E-state index in [1.807, 2.05) is 54.6 Å². The van der Waals surface area contributed by atoms with E-state index in [9.17, 15) is 9.59 Å². The molecule has 1 aliphatic carbocycles. The number of ether oxygens (including phenoxy) is 1. The fourth-order valence-corrected chi connectivity index (χ4v) is 5.00. The summed E-state index contributed by atoms with van der Waals surface area (Å²) in [5.41, 5.74) is 4.38. The third-order valence-electron chi connectivity index (χ3n) is 6.90. The Morgan fingerprint density at radius 1 is 1.00 bits per heavy atom. The van der Waals surface area contributed by atoms with Gasteiger partial charge in [0.2, 0.25) is 5.91 Å². The molecule has 2 heterocycles. The molecule has 0 unspecified atom stereocenters. The molecule has 5 rings (SSSR count). The van der Waals surface area contributed by atoms with Crippen LogP contribution in [0.25, 0.3) is 11.3 Å². The molecule has 7 nitrogen and oxygen atoms in total. The normalized spacial score (nSPS) is 16.1. The maximum atomic E-state index is 13.4. The fraction of sp³-hybridized carbons (Fsp3) is 0.370. The Balaban J connectivity index is 1.42. The van der Waals surface area contributed by atoms with Crippen LogP contribution in [0, 0.1) is 5.92 Å². The third kappa shape index (κ3) is 4.42. The summed E-state index contributed by atoms with van der Waals surface area (Å²) in [6, 6.07) is 17.0. The average molecular weight is 459 g/mol. The number of benzene rings is 2. The van der Waals surface area contributed by atoms with E-state index in [1.54, 1.807) is 16.7 Å². The lowest BCUT2D eigenvalue weighted by Crippen LogP contribution is -2.39. The maximum absolute atomic E-state index is 13.4. The number of carbonyl (C=O) groups excluding carboxylic acids is 2. The van der Waals surface area contributed by atoms with E-state index in [-0.39, 0.29) is 17.9 Å². The second-order valence-corrected chi connectivity index (χ2v) is 9.06. The Morgan fingerprint density at radius 2 is 1.74 bits per heavy atom. The van der Waals surface area contributed by atoms with Gasteiger partial charge >= 0.3 is 6.03 Å². The minimum atomic E-state index is -0.166. The largest absolute Gasteiger partial charge is 0.497 e. The summed E-state index contributed by atoms with van der Waals surface area (Å²) in [4.78, 5) is 28.3. The lowest BCUT2D eigenvalue weighted by molar-refractivity contribution is 0.0779. The van der Waals surface area contributed by atoms with Gasteiger partial charge in [-0.05, 0) is 37.1 Å². The second-order valence-electron chi connectivity index (χ2n) is 9.06. The summed E-state index contributed by atoms with van der Waals surface area (Å²) in [6.45, 7) is 0.951. The summed E-state index contributed by atoms with van der Waals surface area (Å²) >= 11 is 0. The Kier molecular flexibility index (Phi) is 6.34. The van der Waals surface area contributed by atoms with Crippen molar-refractivity contribution in [3.8, 4) is 17.0 Å². The summed E-state index contributed by atoms with van der Waals surface area (Å²) < 4.78 is 6.85. The van der Waals surface area contributed by atoms with Crippen LogP contribution in [0.15, 0.2) is 54.6 Å². The van der Waals surface area contributed by atoms with Crippen molar-refractivity contribution >= 4 is 17.6 Å². The van der Waals surface area contributed by atoms with Gasteiger partial charge in [0, 0.05) is 35.7 Å². The molecule has 0 radical (unpaired) electrons. The first-order chi connectivity index (χ1) is 16.6. The smallest absolute Gasteiger partial charge is 0.322 e. The molecule has 2 aromatic carbocycles. The zero-order valence-electron chi connectivity index (χ0n) is 19.5. The summed E-state index contributed by atoms with van der Waals surface area (Å²) in [5, 5.41) is 7.80. The van der Waals surface area contributed by atoms with Gasteiger partial charge < -0.3 is 15.0 Å². The van der Waals surface area contributed by atoms with E-state index in [1.165, 1.54) is 6.42 Å². The highest BCUT2D eigenvalue weighted by molar-refractivity contribution is 5.90. The molecule has 34 heavy (non-hydrogen) atoms. The van der Waals surface area contributed by atoms with Crippen molar-refractivity contribution in [1.82, 2.24) is 14.7 Å². The minimum Gasteiger partial charge on any atom is -0.497 e. The first kappa shape index (κ1) is 22.2. The van der Waals surface area contributed by atoms with Crippen molar-refractivity contribution in [2.45, 2.75) is 45.1 Å². The molecular formula is C27H30N4O3. The zero-order chi connectivity index (χ0) is 23.5. The number of anilines is 1. The van der Waals surface area contributed by atoms with Gasteiger partial charge in [-0.15, -0.1) is 0 Å². The summed E-state index contributed by atoms with van der Waals surface area (Å²) in [7, 11) is 1.61. The molecule has 2 aliphatic rings. The number of methoxy groups -OCH3 is 1. The molecule has 176 valence electrons. The molecule has 0 bridgehead atoms. The molecule has 1 saturated carbocycles. The molecule has 0 saturated heterocycles. The number of urea groups is 1. The Bertz CT molecular complexity index is 1160. The number of amides is 2. The van der Waals surface area contributed by atoms with Crippen LogP contribution in [-0.4, -0.2) is 40.3 Å². The first-order valence-electron chi connectivity index (χ1n) is 12.0. The number of nitrogens with one attached hydrogen (secondary N) is 1. The van der Waals surface area contributed by atoms with E-state index < -0.39 is 0 Å². The molecule has 1 aromatic heterocycles. The maximum Gasteiger partial charge on any atom is 0.322 e. The monoisotopic (exact) mass is 458 g/mol. The number of carbonyl (C=O) groups is 2.